The molecule has 12 nitrogen and oxygen atoms in total. The molecule has 1 aliphatic rings. The van der Waals surface area contributed by atoms with E-state index in [1.165, 1.54) is 24.3 Å². The molecule has 0 aliphatic carbocycles. The van der Waals surface area contributed by atoms with Crippen molar-refractivity contribution >= 4 is 39.5 Å². The second-order valence-corrected chi connectivity index (χ2v) is 13.5. The summed E-state index contributed by atoms with van der Waals surface area (Å²) in [6.07, 6.45) is 2.89. The van der Waals surface area contributed by atoms with Gasteiger partial charge >= 0.3 is 0 Å². The van der Waals surface area contributed by atoms with E-state index in [1.54, 1.807) is 21.3 Å². The Hall–Kier alpha value is -3.75. The maximum atomic E-state index is 13.6. The molecule has 1 aliphatic heterocycles. The first-order chi connectivity index (χ1) is 21.0. The Morgan fingerprint density at radius 3 is 2.39 bits per heavy atom. The minimum atomic E-state index is -3.91. The smallest absolute Gasteiger partial charge is 0.253 e. The SMILES string of the molecule is CSCC[C@@H]1NC(=O)CCCN(C(=O)c2ccc(S(N)(=O)=O)cc2)CCn2nc(-c3ccccc3)nc2[C@@H](C(C)C)NC1=O. The number of hydrogen-bond acceptors (Lipinski definition) is 8. The number of sulfonamides is 1. The van der Waals surface area contributed by atoms with Crippen molar-refractivity contribution in [3.63, 3.8) is 0 Å². The molecule has 0 saturated carbocycles. The lowest BCUT2D eigenvalue weighted by Crippen LogP contribution is -2.49. The summed E-state index contributed by atoms with van der Waals surface area (Å²) in [6, 6.07) is 13.7. The number of thioether (sulfide) groups is 1. The summed E-state index contributed by atoms with van der Waals surface area (Å²) in [5.74, 6) is 0.784. The van der Waals surface area contributed by atoms with Crippen molar-refractivity contribution in [1.82, 2.24) is 30.3 Å². The van der Waals surface area contributed by atoms with Crippen molar-refractivity contribution in [2.24, 2.45) is 11.1 Å². The van der Waals surface area contributed by atoms with Crippen LogP contribution >= 0.6 is 11.8 Å². The van der Waals surface area contributed by atoms with Crippen molar-refractivity contribution in [3.05, 3.63) is 66.0 Å². The zero-order valence-corrected chi connectivity index (χ0v) is 26.7. The molecule has 0 radical (unpaired) electrons. The van der Waals surface area contributed by atoms with Crippen molar-refractivity contribution in [2.75, 3.05) is 25.1 Å². The standard InChI is InChI=1S/C30H39N7O5S2/c1-20(2)26-28-34-27(21-8-5-4-6-9-21)35-37(28)18-17-36(30(40)22-11-13-23(14-12-22)44(31,41)42)16-7-10-25(38)32-24(15-19-43-3)29(39)33-26/h4-6,8-9,11-14,20,24,26H,7,10,15-19H2,1-3H3,(H,32,38)(H,33,39)(H2,31,41,42)/t24-,26+/m0/s1. The van der Waals surface area contributed by atoms with Crippen LogP contribution in [0.2, 0.25) is 0 Å². The lowest BCUT2D eigenvalue weighted by atomic mass is 10.0. The molecule has 236 valence electrons. The average Bonchev–Trinajstić information content (AvgIpc) is 3.42. The molecule has 44 heavy (non-hydrogen) atoms. The van der Waals surface area contributed by atoms with E-state index in [4.69, 9.17) is 15.2 Å². The molecule has 0 saturated heterocycles. The molecule has 3 aromatic rings. The number of carbonyl (C=O) groups excluding carboxylic acids is 3. The predicted octanol–water partition coefficient (Wildman–Crippen LogP) is 2.58. The number of nitrogens with one attached hydrogen (secondary N) is 2. The number of amides is 3. The maximum absolute atomic E-state index is 13.6. The fourth-order valence-electron chi connectivity index (χ4n) is 4.94. The molecular formula is C30H39N7O5S2. The van der Waals surface area contributed by atoms with Crippen LogP contribution in [0.3, 0.4) is 0 Å². The van der Waals surface area contributed by atoms with Crippen LogP contribution in [0.25, 0.3) is 11.4 Å². The van der Waals surface area contributed by atoms with Gasteiger partial charge in [0.15, 0.2) is 11.6 Å². The third-order valence-corrected chi connectivity index (χ3v) is 8.94. The largest absolute Gasteiger partial charge is 0.344 e. The molecule has 4 N–H and O–H groups in total. The second-order valence-electron chi connectivity index (χ2n) is 11.0. The molecular weight excluding hydrogens is 603 g/mol. The average molecular weight is 642 g/mol. The van der Waals surface area contributed by atoms with Gasteiger partial charge in [-0.05, 0) is 55.0 Å². The van der Waals surface area contributed by atoms with Crippen LogP contribution in [0.5, 0.6) is 0 Å². The van der Waals surface area contributed by atoms with E-state index in [1.807, 2.05) is 50.4 Å². The molecule has 2 aromatic carbocycles. The Labute approximate surface area is 262 Å². The van der Waals surface area contributed by atoms with Crippen LogP contribution in [0.1, 0.15) is 55.3 Å². The Morgan fingerprint density at radius 2 is 1.75 bits per heavy atom. The number of nitrogens with two attached hydrogens (primary N) is 1. The molecule has 3 amide bonds. The normalized spacial score (nSPS) is 18.7. The minimum absolute atomic E-state index is 0.0644. The summed E-state index contributed by atoms with van der Waals surface area (Å²) in [4.78, 5) is 46.5. The first-order valence-corrected chi connectivity index (χ1v) is 17.4. The molecule has 0 fully saturated rings. The van der Waals surface area contributed by atoms with Crippen molar-refractivity contribution in [2.45, 2.75) is 56.6 Å². The molecule has 0 bridgehead atoms. The molecule has 2 atom stereocenters. The zero-order chi connectivity index (χ0) is 31.9. The number of benzene rings is 2. The summed E-state index contributed by atoms with van der Waals surface area (Å²) in [5.41, 5.74) is 1.10. The second kappa shape index (κ2) is 14.8. The van der Waals surface area contributed by atoms with Crippen molar-refractivity contribution < 1.29 is 22.8 Å². The van der Waals surface area contributed by atoms with E-state index in [0.717, 1.165) is 5.56 Å². The quantitative estimate of drug-likeness (QED) is 0.354. The number of rotatable bonds is 7. The number of nitrogens with zero attached hydrogens (tertiary/aromatic N) is 4. The summed E-state index contributed by atoms with van der Waals surface area (Å²) >= 11 is 1.59. The molecule has 2 heterocycles. The van der Waals surface area contributed by atoms with Gasteiger partial charge in [0.05, 0.1) is 17.5 Å². The highest BCUT2D eigenvalue weighted by atomic mass is 32.2. The summed E-state index contributed by atoms with van der Waals surface area (Å²) < 4.78 is 25.2. The predicted molar refractivity (Wildman–Crippen MR) is 169 cm³/mol. The molecule has 1 aromatic heterocycles. The molecule has 0 spiro atoms. The highest BCUT2D eigenvalue weighted by Crippen LogP contribution is 2.25. The minimum Gasteiger partial charge on any atom is -0.344 e. The Kier molecular flexibility index (Phi) is 11.2. The third-order valence-electron chi connectivity index (χ3n) is 7.37. The maximum Gasteiger partial charge on any atom is 0.253 e. The van der Waals surface area contributed by atoms with Gasteiger partial charge in [-0.25, -0.2) is 23.2 Å². The lowest BCUT2D eigenvalue weighted by molar-refractivity contribution is -0.129. The van der Waals surface area contributed by atoms with Gasteiger partial charge in [0.1, 0.15) is 6.04 Å². The highest BCUT2D eigenvalue weighted by Gasteiger charge is 2.30. The molecule has 14 heteroatoms. The van der Waals surface area contributed by atoms with Crippen LogP contribution in [0.4, 0.5) is 0 Å². The van der Waals surface area contributed by atoms with Crippen LogP contribution in [-0.2, 0) is 26.2 Å². The summed E-state index contributed by atoms with van der Waals surface area (Å²) in [5, 5.41) is 16.0. The highest BCUT2D eigenvalue weighted by molar-refractivity contribution is 7.98. The first-order valence-electron chi connectivity index (χ1n) is 14.5. The Morgan fingerprint density at radius 1 is 1.05 bits per heavy atom. The van der Waals surface area contributed by atoms with E-state index in [2.05, 4.69) is 10.6 Å². The van der Waals surface area contributed by atoms with Crippen LogP contribution in [-0.4, -0.2) is 76.9 Å². The number of hydrogen-bond donors (Lipinski definition) is 3. The number of aromatic nitrogens is 3. The van der Waals surface area contributed by atoms with Crippen LogP contribution in [0, 0.1) is 5.92 Å². The van der Waals surface area contributed by atoms with E-state index in [0.29, 0.717) is 30.2 Å². The van der Waals surface area contributed by atoms with Gasteiger partial charge < -0.3 is 15.5 Å². The summed E-state index contributed by atoms with van der Waals surface area (Å²) in [6.45, 7) is 4.72. The van der Waals surface area contributed by atoms with Gasteiger partial charge in [-0.1, -0.05) is 44.2 Å². The van der Waals surface area contributed by atoms with Crippen molar-refractivity contribution in [3.8, 4) is 11.4 Å². The van der Waals surface area contributed by atoms with E-state index in [-0.39, 0.29) is 60.2 Å². The third kappa shape index (κ3) is 8.45. The van der Waals surface area contributed by atoms with E-state index < -0.39 is 22.1 Å². The topological polar surface area (TPSA) is 169 Å². The van der Waals surface area contributed by atoms with Crippen LogP contribution in [0.15, 0.2) is 59.5 Å². The lowest BCUT2D eigenvalue weighted by Gasteiger charge is -2.28. The van der Waals surface area contributed by atoms with Gasteiger partial charge in [0, 0.05) is 30.6 Å². The Balaban J connectivity index is 1.72. The van der Waals surface area contributed by atoms with Crippen LogP contribution < -0.4 is 15.8 Å². The van der Waals surface area contributed by atoms with Gasteiger partial charge in [0.25, 0.3) is 5.91 Å². The number of fused-ring (bicyclic) bond motifs is 1. The van der Waals surface area contributed by atoms with Gasteiger partial charge in [-0.3, -0.25) is 14.4 Å². The van der Waals surface area contributed by atoms with E-state index >= 15 is 0 Å². The first kappa shape index (κ1) is 33.1. The van der Waals surface area contributed by atoms with Gasteiger partial charge in [0.2, 0.25) is 21.8 Å². The molecule has 0 unspecified atom stereocenters. The summed E-state index contributed by atoms with van der Waals surface area (Å²) in [7, 11) is -3.91. The Bertz CT molecular complexity index is 1560. The van der Waals surface area contributed by atoms with E-state index in [9.17, 15) is 22.8 Å². The fourth-order valence-corrected chi connectivity index (χ4v) is 5.93. The fraction of sp³-hybridized carbons (Fsp3) is 0.433. The van der Waals surface area contributed by atoms with Gasteiger partial charge in [-0.15, -0.1) is 0 Å². The monoisotopic (exact) mass is 641 g/mol. The zero-order valence-electron chi connectivity index (χ0n) is 25.1. The van der Waals surface area contributed by atoms with Crippen molar-refractivity contribution in [1.29, 1.82) is 0 Å². The molecule has 4 rings (SSSR count). The number of primary sulfonamides is 1. The van der Waals surface area contributed by atoms with Gasteiger partial charge in [-0.2, -0.15) is 16.9 Å². The number of carbonyl (C=O) groups is 3.